The van der Waals surface area contributed by atoms with Crippen LogP contribution in [-0.2, 0) is 19.4 Å². The maximum absolute atomic E-state index is 2.87. The average Bonchev–Trinajstić information content (AvgIpc) is 3.71. The molecule has 6 aromatic rings. The van der Waals surface area contributed by atoms with Crippen molar-refractivity contribution in [2.24, 2.45) is 0 Å². The molecule has 2 aliphatic carbocycles. The number of halogens is 2. The summed E-state index contributed by atoms with van der Waals surface area (Å²) in [7, 11) is 1.29. The van der Waals surface area contributed by atoms with Gasteiger partial charge >= 0.3 is 276 Å². The molecule has 4 heteroatoms. The van der Waals surface area contributed by atoms with E-state index in [1.807, 2.05) is 0 Å². The molecule has 8 rings (SSSR count). The van der Waals surface area contributed by atoms with Gasteiger partial charge in [0.15, 0.2) is 0 Å². The molecular formula is C46H50Cl2SiZr. The second-order valence-corrected chi connectivity index (χ2v) is 38.8. The topological polar surface area (TPSA) is 0 Å². The zero-order valence-corrected chi connectivity index (χ0v) is 36.4. The molecule has 0 N–H and O–H groups in total. The van der Waals surface area contributed by atoms with E-state index in [1.165, 1.54) is 68.7 Å². The first kappa shape index (κ1) is 38.2. The van der Waals surface area contributed by atoms with E-state index in [1.54, 1.807) is 22.3 Å². The van der Waals surface area contributed by atoms with E-state index >= 15 is 0 Å². The minimum Gasteiger partial charge on any atom is -0.147 e. The Labute approximate surface area is 318 Å². The van der Waals surface area contributed by atoms with Crippen LogP contribution in [0.25, 0.3) is 56.0 Å². The van der Waals surface area contributed by atoms with E-state index in [-0.39, 0.29) is 24.8 Å². The molecule has 0 saturated heterocycles. The maximum atomic E-state index is 2.81. The third-order valence-corrected chi connectivity index (χ3v) is 28.3. The number of benzene rings is 6. The predicted molar refractivity (Wildman–Crippen MR) is 227 cm³/mol. The Bertz CT molecular complexity index is 2050. The van der Waals surface area contributed by atoms with Crippen LogP contribution in [0, 0.1) is 0 Å². The van der Waals surface area contributed by atoms with Crippen LogP contribution in [0.15, 0.2) is 132 Å². The summed E-state index contributed by atoms with van der Waals surface area (Å²) in [6.07, 6.45) is 8.73. The van der Waals surface area contributed by atoms with Crippen molar-refractivity contribution in [3.63, 3.8) is 0 Å². The van der Waals surface area contributed by atoms with Gasteiger partial charge in [0.25, 0.3) is 0 Å². The number of allylic oxidation sites excluding steroid dienone is 2. The van der Waals surface area contributed by atoms with Crippen LogP contribution in [0.1, 0.15) is 76.5 Å². The summed E-state index contributed by atoms with van der Waals surface area (Å²) in [5, 5.41) is 5.33. The van der Waals surface area contributed by atoms with Gasteiger partial charge in [0.05, 0.1) is 0 Å². The van der Waals surface area contributed by atoms with Gasteiger partial charge in [-0.1, -0.05) is 20.3 Å². The average molecular weight is 793 g/mol. The first-order valence-electron chi connectivity index (χ1n) is 18.1. The fraction of sp³-hybridized carbons (Fsp3) is 0.217. The fourth-order valence-electron chi connectivity index (χ4n) is 8.86. The fourth-order valence-corrected chi connectivity index (χ4v) is 29.0. The van der Waals surface area contributed by atoms with E-state index in [4.69, 9.17) is 0 Å². The zero-order valence-electron chi connectivity index (χ0n) is 30.3. The van der Waals surface area contributed by atoms with Gasteiger partial charge < -0.3 is 0 Å². The van der Waals surface area contributed by atoms with Gasteiger partial charge in [0.1, 0.15) is 0 Å². The van der Waals surface area contributed by atoms with Crippen LogP contribution in [0.5, 0.6) is 0 Å². The molecular weight excluding hydrogens is 743 g/mol. The van der Waals surface area contributed by atoms with Crippen LogP contribution in [0.4, 0.5) is 0 Å². The van der Waals surface area contributed by atoms with Crippen molar-refractivity contribution in [3.8, 4) is 22.3 Å². The monoisotopic (exact) mass is 790 g/mol. The molecule has 2 atom stereocenters. The predicted octanol–water partition coefficient (Wildman–Crippen LogP) is 13.5. The molecule has 0 nitrogen and oxygen atoms in total. The molecule has 0 amide bonds. The smallest absolute Gasteiger partial charge is 0.147 e. The van der Waals surface area contributed by atoms with Crippen molar-refractivity contribution in [1.29, 1.82) is 0 Å². The van der Waals surface area contributed by atoms with Gasteiger partial charge in [-0.05, 0) is 0 Å². The Hall–Kier alpha value is -3.00. The Kier molecular flexibility index (Phi) is 12.3. The number of hydrogen-bond acceptors (Lipinski definition) is 0. The van der Waals surface area contributed by atoms with Crippen molar-refractivity contribution in [1.82, 2.24) is 0 Å². The largest absolute Gasteiger partial charge is 0.147 e. The summed E-state index contributed by atoms with van der Waals surface area (Å²) in [4.78, 5) is 0. The molecule has 0 saturated carbocycles. The van der Waals surface area contributed by atoms with Crippen molar-refractivity contribution < 1.29 is 19.4 Å². The Balaban J connectivity index is 0.000000940. The molecule has 6 aromatic carbocycles. The van der Waals surface area contributed by atoms with Crippen molar-refractivity contribution >= 4 is 65.9 Å². The van der Waals surface area contributed by atoms with Crippen LogP contribution in [0.2, 0.25) is 4.63 Å². The molecule has 0 bridgehead atoms. The van der Waals surface area contributed by atoms with Gasteiger partial charge in [-0.25, -0.2) is 0 Å². The summed E-state index contributed by atoms with van der Waals surface area (Å²) in [5.41, 5.74) is 15.1. The van der Waals surface area contributed by atoms with Crippen LogP contribution < -0.4 is 0 Å². The van der Waals surface area contributed by atoms with Gasteiger partial charge in [0.2, 0.25) is 0 Å². The van der Waals surface area contributed by atoms with Gasteiger partial charge in [-0.2, -0.15) is 0 Å². The molecule has 0 radical (unpaired) electrons. The van der Waals surface area contributed by atoms with Crippen LogP contribution in [-0.4, -0.2) is 7.37 Å². The second-order valence-electron chi connectivity index (χ2n) is 14.2. The summed E-state index contributed by atoms with van der Waals surface area (Å²) >= 11 is -2.87. The van der Waals surface area contributed by atoms with Gasteiger partial charge in [0, 0.05) is 0 Å². The summed E-state index contributed by atoms with van der Waals surface area (Å²) < 4.78 is 4.05. The number of fused-ring (bicyclic) bond motifs is 4. The number of hydrogen-bond donors (Lipinski definition) is 0. The molecule has 2 aliphatic rings. The van der Waals surface area contributed by atoms with E-state index in [2.05, 4.69) is 166 Å². The summed E-state index contributed by atoms with van der Waals surface area (Å²) in [6.45, 7) is 9.03. The molecule has 50 heavy (non-hydrogen) atoms. The minimum absolute atomic E-state index is 0. The molecule has 0 spiro atoms. The van der Waals surface area contributed by atoms with Gasteiger partial charge in [-0.3, -0.25) is 0 Å². The molecule has 256 valence electrons. The minimum atomic E-state index is -2.87. The molecule has 0 aromatic heterocycles. The number of rotatable bonds is 6. The van der Waals surface area contributed by atoms with E-state index in [9.17, 15) is 0 Å². The van der Waals surface area contributed by atoms with Crippen molar-refractivity contribution in [2.75, 3.05) is 0 Å². The van der Waals surface area contributed by atoms with Crippen LogP contribution in [0.3, 0.4) is 0 Å². The van der Waals surface area contributed by atoms with Crippen molar-refractivity contribution in [3.05, 3.63) is 155 Å². The first-order valence-corrected chi connectivity index (χ1v) is 31.7. The SMILES string of the molecule is CCC.CCC1=Cc2c(-c3cccc4ccccc34)cccc2[CH]1[Zr]([CH3])([SiH3])[CH]1C(CC)=Cc2c(-c3cccc4ccccc34)cccc21.Cl.Cl. The first-order chi connectivity index (χ1) is 23.4. The molecule has 2 unspecified atom stereocenters. The van der Waals surface area contributed by atoms with Crippen molar-refractivity contribution in [2.45, 2.75) is 58.8 Å². The molecule has 0 aliphatic heterocycles. The quantitative estimate of drug-likeness (QED) is 0.147. The molecule has 0 fully saturated rings. The zero-order chi connectivity index (χ0) is 33.4. The summed E-state index contributed by atoms with van der Waals surface area (Å²) in [5.74, 6) is 0. The normalized spacial score (nSPS) is 17.0. The Morgan fingerprint density at radius 1 is 0.480 bits per heavy atom. The Morgan fingerprint density at radius 2 is 0.820 bits per heavy atom. The van der Waals surface area contributed by atoms with E-state index < -0.39 is 19.4 Å². The van der Waals surface area contributed by atoms with Crippen LogP contribution >= 0.6 is 24.8 Å². The molecule has 0 heterocycles. The van der Waals surface area contributed by atoms with E-state index in [0.717, 1.165) is 12.8 Å². The standard InChI is InChI=1S/2C21H17.C3H8.CH3.2ClH.H3Si.Zr/c2*1-2-15-13-17-9-6-12-20(21(17)14-15)19-11-5-8-16-7-3-4-10-18(16)19;1-3-2;;;;;/h2*3-14H,2H2,1H3;3H2,1-2H3;1H3;2*1H;1H3;. The van der Waals surface area contributed by atoms with E-state index in [0.29, 0.717) is 7.25 Å². The second kappa shape index (κ2) is 16.1. The maximum Gasteiger partial charge on any atom is -0.147 e. The Morgan fingerprint density at radius 3 is 1.22 bits per heavy atom. The third kappa shape index (κ3) is 6.59. The van der Waals surface area contributed by atoms with Gasteiger partial charge in [-0.15, -0.1) is 24.8 Å². The summed E-state index contributed by atoms with van der Waals surface area (Å²) in [6, 6.07) is 45.7. The third-order valence-electron chi connectivity index (χ3n) is 10.8.